The third-order valence-electron chi connectivity index (χ3n) is 4.84. The van der Waals surface area contributed by atoms with E-state index < -0.39 is 0 Å². The number of H-pyrrole nitrogens is 1. The molecule has 0 bridgehead atoms. The molecule has 1 amide bonds. The van der Waals surface area contributed by atoms with Crippen LogP contribution in [0.3, 0.4) is 0 Å². The second kappa shape index (κ2) is 6.63. The molecule has 0 atom stereocenters. The maximum absolute atomic E-state index is 12.8. The highest BCUT2D eigenvalue weighted by Crippen LogP contribution is 2.21. The van der Waals surface area contributed by atoms with Crippen LogP contribution in [0.15, 0.2) is 53.3 Å². The SMILES string of the molecule is Cc1ccccc1N1CCN(C(=O)c2nc3ccccc3c(=O)[nH]2)CC1. The molecule has 26 heavy (non-hydrogen) atoms. The molecule has 6 heteroatoms. The van der Waals surface area contributed by atoms with Crippen LogP contribution < -0.4 is 10.5 Å². The number of hydrogen-bond acceptors (Lipinski definition) is 4. The predicted octanol–water partition coefficient (Wildman–Crippen LogP) is 2.19. The van der Waals surface area contributed by atoms with Crippen molar-refractivity contribution in [3.05, 3.63) is 70.3 Å². The summed E-state index contributed by atoms with van der Waals surface area (Å²) in [6.07, 6.45) is 0. The number of nitrogens with one attached hydrogen (secondary N) is 1. The van der Waals surface area contributed by atoms with Gasteiger partial charge in [-0.05, 0) is 30.7 Å². The smallest absolute Gasteiger partial charge is 0.289 e. The summed E-state index contributed by atoms with van der Waals surface area (Å²) in [5.74, 6) is -0.115. The Balaban J connectivity index is 1.52. The first-order chi connectivity index (χ1) is 12.6. The van der Waals surface area contributed by atoms with Gasteiger partial charge in [0.1, 0.15) is 0 Å². The average molecular weight is 348 g/mol. The van der Waals surface area contributed by atoms with Gasteiger partial charge in [-0.2, -0.15) is 0 Å². The van der Waals surface area contributed by atoms with E-state index in [4.69, 9.17) is 0 Å². The number of aryl methyl sites for hydroxylation is 1. The lowest BCUT2D eigenvalue weighted by Gasteiger charge is -2.36. The zero-order chi connectivity index (χ0) is 18.1. The van der Waals surface area contributed by atoms with Crippen molar-refractivity contribution < 1.29 is 4.79 Å². The number of rotatable bonds is 2. The molecule has 1 fully saturated rings. The van der Waals surface area contributed by atoms with Gasteiger partial charge < -0.3 is 14.8 Å². The molecule has 4 rings (SSSR count). The van der Waals surface area contributed by atoms with Gasteiger partial charge in [-0.1, -0.05) is 30.3 Å². The summed E-state index contributed by atoms with van der Waals surface area (Å²) in [7, 11) is 0. The van der Waals surface area contributed by atoms with Gasteiger partial charge in [0.25, 0.3) is 11.5 Å². The number of fused-ring (bicyclic) bond motifs is 1. The van der Waals surface area contributed by atoms with Crippen LogP contribution >= 0.6 is 0 Å². The number of aromatic amines is 1. The number of carbonyl (C=O) groups excluding carboxylic acids is 1. The Kier molecular flexibility index (Phi) is 4.16. The predicted molar refractivity (Wildman–Crippen MR) is 102 cm³/mol. The minimum absolute atomic E-state index is 0.109. The zero-order valence-electron chi connectivity index (χ0n) is 14.6. The molecule has 1 N–H and O–H groups in total. The first kappa shape index (κ1) is 16.3. The van der Waals surface area contributed by atoms with Crippen LogP contribution in [0.4, 0.5) is 5.69 Å². The average Bonchev–Trinajstić information content (AvgIpc) is 2.68. The molecule has 1 saturated heterocycles. The summed E-state index contributed by atoms with van der Waals surface area (Å²) in [5.41, 5.74) is 2.69. The first-order valence-corrected chi connectivity index (χ1v) is 8.72. The molecule has 1 aliphatic heterocycles. The van der Waals surface area contributed by atoms with Crippen molar-refractivity contribution in [1.82, 2.24) is 14.9 Å². The minimum Gasteiger partial charge on any atom is -0.368 e. The summed E-state index contributed by atoms with van der Waals surface area (Å²) in [4.78, 5) is 36.0. The maximum Gasteiger partial charge on any atom is 0.289 e. The number of carbonyl (C=O) groups is 1. The van der Waals surface area contributed by atoms with E-state index in [2.05, 4.69) is 33.9 Å². The Hall–Kier alpha value is -3.15. The fraction of sp³-hybridized carbons (Fsp3) is 0.250. The summed E-state index contributed by atoms with van der Waals surface area (Å²) < 4.78 is 0. The van der Waals surface area contributed by atoms with E-state index in [9.17, 15) is 9.59 Å². The molecule has 0 unspecified atom stereocenters. The summed E-state index contributed by atoms with van der Waals surface area (Å²) >= 11 is 0. The second-order valence-corrected chi connectivity index (χ2v) is 6.50. The first-order valence-electron chi connectivity index (χ1n) is 8.72. The van der Waals surface area contributed by atoms with E-state index in [1.807, 2.05) is 18.2 Å². The molecular weight excluding hydrogens is 328 g/mol. The van der Waals surface area contributed by atoms with Gasteiger partial charge in [0, 0.05) is 31.9 Å². The number of anilines is 1. The van der Waals surface area contributed by atoms with Crippen molar-refractivity contribution in [2.75, 3.05) is 31.1 Å². The molecule has 2 aromatic carbocycles. The van der Waals surface area contributed by atoms with E-state index in [0.717, 1.165) is 13.1 Å². The lowest BCUT2D eigenvalue weighted by atomic mass is 10.1. The lowest BCUT2D eigenvalue weighted by Crippen LogP contribution is -2.49. The van der Waals surface area contributed by atoms with Gasteiger partial charge in [-0.3, -0.25) is 9.59 Å². The van der Waals surface area contributed by atoms with E-state index in [1.165, 1.54) is 11.3 Å². The largest absolute Gasteiger partial charge is 0.368 e. The summed E-state index contributed by atoms with van der Waals surface area (Å²) in [5, 5.41) is 0.494. The minimum atomic E-state index is -0.280. The number of benzene rings is 2. The third-order valence-corrected chi connectivity index (χ3v) is 4.84. The Bertz CT molecular complexity index is 1020. The molecule has 0 saturated carbocycles. The van der Waals surface area contributed by atoms with Crippen LogP contribution in [0.25, 0.3) is 10.9 Å². The highest BCUT2D eigenvalue weighted by molar-refractivity contribution is 5.92. The number of aromatic nitrogens is 2. The van der Waals surface area contributed by atoms with Crippen LogP contribution in [-0.4, -0.2) is 47.0 Å². The second-order valence-electron chi connectivity index (χ2n) is 6.50. The lowest BCUT2D eigenvalue weighted by molar-refractivity contribution is 0.0734. The molecule has 6 nitrogen and oxygen atoms in total. The van der Waals surface area contributed by atoms with Gasteiger partial charge in [0.15, 0.2) is 5.82 Å². The topological polar surface area (TPSA) is 69.3 Å². The summed E-state index contributed by atoms with van der Waals surface area (Å²) in [6.45, 7) is 4.81. The molecule has 1 aliphatic rings. The number of amides is 1. The Labute approximate surface area is 151 Å². The zero-order valence-corrected chi connectivity index (χ0v) is 14.6. The number of para-hydroxylation sites is 2. The van der Waals surface area contributed by atoms with Gasteiger partial charge in [-0.15, -0.1) is 0 Å². The van der Waals surface area contributed by atoms with Crippen molar-refractivity contribution in [2.45, 2.75) is 6.92 Å². The van der Waals surface area contributed by atoms with E-state index >= 15 is 0 Å². The van der Waals surface area contributed by atoms with Crippen molar-refractivity contribution in [1.29, 1.82) is 0 Å². The van der Waals surface area contributed by atoms with E-state index in [1.54, 1.807) is 23.1 Å². The van der Waals surface area contributed by atoms with Gasteiger partial charge >= 0.3 is 0 Å². The fourth-order valence-corrected chi connectivity index (χ4v) is 3.41. The molecule has 0 radical (unpaired) electrons. The normalized spacial score (nSPS) is 14.7. The molecule has 0 aliphatic carbocycles. The third kappa shape index (κ3) is 2.94. The summed E-state index contributed by atoms with van der Waals surface area (Å²) in [6, 6.07) is 15.3. The quantitative estimate of drug-likeness (QED) is 0.771. The van der Waals surface area contributed by atoms with Crippen LogP contribution in [0.5, 0.6) is 0 Å². The standard InChI is InChI=1S/C20H20N4O2/c1-14-6-2-5-9-17(14)23-10-12-24(13-11-23)20(26)18-21-16-8-4-3-7-15(16)19(25)22-18/h2-9H,10-13H2,1H3,(H,21,22,25). The molecule has 2 heterocycles. The molecule has 1 aromatic heterocycles. The molecule has 132 valence electrons. The highest BCUT2D eigenvalue weighted by atomic mass is 16.2. The van der Waals surface area contributed by atoms with Crippen LogP contribution in [0.1, 0.15) is 16.2 Å². The maximum atomic E-state index is 12.8. The Morgan fingerprint density at radius 1 is 1.00 bits per heavy atom. The van der Waals surface area contributed by atoms with Gasteiger partial charge in [-0.25, -0.2) is 4.98 Å². The van der Waals surface area contributed by atoms with Crippen LogP contribution in [0.2, 0.25) is 0 Å². The highest BCUT2D eigenvalue weighted by Gasteiger charge is 2.24. The van der Waals surface area contributed by atoms with Crippen LogP contribution in [0, 0.1) is 6.92 Å². The van der Waals surface area contributed by atoms with E-state index in [0.29, 0.717) is 24.0 Å². The van der Waals surface area contributed by atoms with Crippen molar-refractivity contribution >= 4 is 22.5 Å². The van der Waals surface area contributed by atoms with Gasteiger partial charge in [0.05, 0.1) is 10.9 Å². The molecule has 0 spiro atoms. The number of nitrogens with zero attached hydrogens (tertiary/aromatic N) is 3. The monoisotopic (exact) mass is 348 g/mol. The van der Waals surface area contributed by atoms with Gasteiger partial charge in [0.2, 0.25) is 0 Å². The van der Waals surface area contributed by atoms with Crippen molar-refractivity contribution in [2.24, 2.45) is 0 Å². The molecule has 3 aromatic rings. The Morgan fingerprint density at radius 3 is 2.46 bits per heavy atom. The van der Waals surface area contributed by atoms with Crippen molar-refractivity contribution in [3.8, 4) is 0 Å². The number of hydrogen-bond donors (Lipinski definition) is 1. The fourth-order valence-electron chi connectivity index (χ4n) is 3.41. The molecular formula is C20H20N4O2. The van der Waals surface area contributed by atoms with Crippen molar-refractivity contribution in [3.63, 3.8) is 0 Å². The van der Waals surface area contributed by atoms with Crippen LogP contribution in [-0.2, 0) is 0 Å². The van der Waals surface area contributed by atoms with E-state index in [-0.39, 0.29) is 17.3 Å². The Morgan fingerprint density at radius 2 is 1.69 bits per heavy atom. The number of piperazine rings is 1.